The van der Waals surface area contributed by atoms with E-state index in [2.05, 4.69) is 20.6 Å². The van der Waals surface area contributed by atoms with Crippen LogP contribution in [0.1, 0.15) is 81.2 Å². The second-order valence-corrected chi connectivity index (χ2v) is 12.9. The molecular formula is C37H51FN8O6. The summed E-state index contributed by atoms with van der Waals surface area (Å²) in [6.07, 6.45) is 4.87. The smallest absolute Gasteiger partial charge is 0.306 e. The highest BCUT2D eigenvalue weighted by Crippen LogP contribution is 2.30. The maximum absolute atomic E-state index is 13.3. The fourth-order valence-electron chi connectivity index (χ4n) is 6.05. The number of nitrogens with zero attached hydrogens (tertiary/aromatic N) is 3. The van der Waals surface area contributed by atoms with Crippen molar-refractivity contribution in [2.45, 2.75) is 96.4 Å². The molecule has 1 aliphatic rings. The zero-order valence-corrected chi connectivity index (χ0v) is 30.0. The van der Waals surface area contributed by atoms with Crippen LogP contribution in [0.3, 0.4) is 0 Å². The number of benzene rings is 2. The van der Waals surface area contributed by atoms with Crippen LogP contribution in [0.5, 0.6) is 0 Å². The molecular weight excluding hydrogens is 671 g/mol. The number of halogens is 1. The standard InChI is InChI=1S/C23H36N6O4.C14H15FN2O2/c1-15(24)21(31)29(18-11-9-17(10-12-18)22(32)33)19(8-5-13-27-23(25)26)20(30)28-14-16-6-3-2-4-7-16;1-9-8-16-14(19-9)13(17-10(2)18)7-11-3-5-12(15)6-4-11/h2-4,6-7,15,17-19H,5,8-14,24H2,1H3,(H,28,30)(H,32,33)(H4,25,26,27);3-6,8,13H,7H2,1-2H3,(H,17,18)/t15-,17?,18?,19-;13-/m00/s1. The van der Waals surface area contributed by atoms with Crippen molar-refractivity contribution in [1.29, 1.82) is 0 Å². The number of guanidine groups is 1. The lowest BCUT2D eigenvalue weighted by Crippen LogP contribution is -2.58. The van der Waals surface area contributed by atoms with E-state index in [-0.39, 0.29) is 41.6 Å². The van der Waals surface area contributed by atoms with Gasteiger partial charge in [0.15, 0.2) is 5.96 Å². The molecule has 0 aliphatic heterocycles. The Morgan fingerprint density at radius 2 is 1.69 bits per heavy atom. The summed E-state index contributed by atoms with van der Waals surface area (Å²) in [5, 5.41) is 15.0. The maximum atomic E-state index is 13.3. The number of nitrogens with two attached hydrogens (primary N) is 3. The lowest BCUT2D eigenvalue weighted by Gasteiger charge is -2.41. The fourth-order valence-corrected chi connectivity index (χ4v) is 6.05. The van der Waals surface area contributed by atoms with E-state index in [1.807, 2.05) is 30.3 Å². The highest BCUT2D eigenvalue weighted by molar-refractivity contribution is 5.90. The number of amides is 3. The number of aliphatic imine (C=N–C) groups is 1. The van der Waals surface area contributed by atoms with E-state index in [4.69, 9.17) is 21.6 Å². The first-order chi connectivity index (χ1) is 24.7. The Labute approximate surface area is 303 Å². The number of aromatic nitrogens is 1. The van der Waals surface area contributed by atoms with Gasteiger partial charge in [0.25, 0.3) is 0 Å². The molecule has 0 unspecified atom stereocenters. The molecule has 0 saturated heterocycles. The van der Waals surface area contributed by atoms with Crippen molar-refractivity contribution in [1.82, 2.24) is 20.5 Å². The van der Waals surface area contributed by atoms with Crippen LogP contribution in [-0.2, 0) is 32.1 Å². The molecule has 9 N–H and O–H groups in total. The van der Waals surface area contributed by atoms with Gasteiger partial charge in [0.2, 0.25) is 23.6 Å². The number of aryl methyl sites for hydroxylation is 1. The number of nitrogens with one attached hydrogen (secondary N) is 2. The Bertz CT molecular complexity index is 1620. The summed E-state index contributed by atoms with van der Waals surface area (Å²) in [4.78, 5) is 58.8. The van der Waals surface area contributed by atoms with Crippen molar-refractivity contribution in [3.63, 3.8) is 0 Å². The van der Waals surface area contributed by atoms with Gasteiger partial charge in [0.05, 0.1) is 18.2 Å². The van der Waals surface area contributed by atoms with E-state index in [0.29, 0.717) is 69.7 Å². The number of carbonyl (C=O) groups is 4. The molecule has 1 aromatic heterocycles. The quantitative estimate of drug-likeness (QED) is 0.0762. The van der Waals surface area contributed by atoms with E-state index in [9.17, 15) is 28.7 Å². The van der Waals surface area contributed by atoms with Crippen molar-refractivity contribution in [3.05, 3.63) is 89.4 Å². The second kappa shape index (κ2) is 20.5. The van der Waals surface area contributed by atoms with Crippen molar-refractivity contribution < 1.29 is 33.1 Å². The van der Waals surface area contributed by atoms with Gasteiger partial charge in [-0.1, -0.05) is 42.5 Å². The van der Waals surface area contributed by atoms with Gasteiger partial charge in [-0.25, -0.2) is 9.37 Å². The van der Waals surface area contributed by atoms with E-state index in [0.717, 1.165) is 11.1 Å². The summed E-state index contributed by atoms with van der Waals surface area (Å²) in [6.45, 7) is 5.48. The van der Waals surface area contributed by atoms with Crippen LogP contribution in [0.4, 0.5) is 4.39 Å². The Morgan fingerprint density at radius 1 is 1.04 bits per heavy atom. The summed E-state index contributed by atoms with van der Waals surface area (Å²) < 4.78 is 18.3. The van der Waals surface area contributed by atoms with Gasteiger partial charge in [0.1, 0.15) is 23.7 Å². The number of rotatable bonds is 15. The first kappa shape index (κ1) is 41.1. The Kier molecular flexibility index (Phi) is 16.2. The minimum Gasteiger partial charge on any atom is -0.481 e. The molecule has 0 spiro atoms. The molecule has 15 heteroatoms. The third-order valence-electron chi connectivity index (χ3n) is 8.63. The molecule has 52 heavy (non-hydrogen) atoms. The van der Waals surface area contributed by atoms with Gasteiger partial charge < -0.3 is 42.3 Å². The van der Waals surface area contributed by atoms with Crippen LogP contribution in [-0.4, -0.2) is 69.3 Å². The molecule has 1 aliphatic carbocycles. The molecule has 3 aromatic rings. The Balaban J connectivity index is 0.000000323. The summed E-state index contributed by atoms with van der Waals surface area (Å²) in [7, 11) is 0. The second-order valence-electron chi connectivity index (χ2n) is 12.9. The number of carbonyl (C=O) groups excluding carboxylic acids is 3. The number of hydrogen-bond acceptors (Lipinski definition) is 8. The molecule has 1 heterocycles. The summed E-state index contributed by atoms with van der Waals surface area (Å²) in [6, 6.07) is 13.5. The summed E-state index contributed by atoms with van der Waals surface area (Å²) in [5.41, 5.74) is 18.6. The van der Waals surface area contributed by atoms with Crippen LogP contribution in [0.25, 0.3) is 0 Å². The lowest BCUT2D eigenvalue weighted by molar-refractivity contribution is -0.147. The molecule has 0 bridgehead atoms. The molecule has 2 aromatic carbocycles. The van der Waals surface area contributed by atoms with E-state index < -0.39 is 24.0 Å². The monoisotopic (exact) mass is 722 g/mol. The topological polar surface area (TPSA) is 232 Å². The molecule has 3 amide bonds. The lowest BCUT2D eigenvalue weighted by atomic mass is 9.84. The first-order valence-corrected chi connectivity index (χ1v) is 17.4. The van der Waals surface area contributed by atoms with Gasteiger partial charge in [-0.15, -0.1) is 0 Å². The Morgan fingerprint density at radius 3 is 2.23 bits per heavy atom. The van der Waals surface area contributed by atoms with Crippen LogP contribution in [0.2, 0.25) is 0 Å². The van der Waals surface area contributed by atoms with E-state index in [1.54, 1.807) is 37.1 Å². The molecule has 1 saturated carbocycles. The van der Waals surface area contributed by atoms with Gasteiger partial charge in [0, 0.05) is 32.5 Å². The maximum Gasteiger partial charge on any atom is 0.306 e. The first-order valence-electron chi connectivity index (χ1n) is 17.4. The zero-order chi connectivity index (χ0) is 38.2. The predicted octanol–water partition coefficient (Wildman–Crippen LogP) is 3.09. The molecule has 3 atom stereocenters. The van der Waals surface area contributed by atoms with Gasteiger partial charge in [-0.3, -0.25) is 24.2 Å². The van der Waals surface area contributed by atoms with Gasteiger partial charge in [-0.05, 0) is 75.6 Å². The van der Waals surface area contributed by atoms with Crippen molar-refractivity contribution in [3.8, 4) is 0 Å². The number of oxazole rings is 1. The summed E-state index contributed by atoms with van der Waals surface area (Å²) >= 11 is 0. The minimum absolute atomic E-state index is 0.0319. The minimum atomic E-state index is -0.826. The molecule has 0 radical (unpaired) electrons. The van der Waals surface area contributed by atoms with Crippen molar-refractivity contribution >= 4 is 29.7 Å². The van der Waals surface area contributed by atoms with Crippen LogP contribution in [0.15, 0.2) is 70.2 Å². The average Bonchev–Trinajstić information content (AvgIpc) is 3.55. The fraction of sp³-hybridized carbons (Fsp3) is 0.459. The zero-order valence-electron chi connectivity index (χ0n) is 30.0. The van der Waals surface area contributed by atoms with Crippen molar-refractivity contribution in [2.24, 2.45) is 28.1 Å². The number of hydrogen-bond donors (Lipinski definition) is 6. The number of carboxylic acid groups (broad SMARTS) is 1. The third kappa shape index (κ3) is 13.4. The highest BCUT2D eigenvalue weighted by atomic mass is 19.1. The van der Waals surface area contributed by atoms with Gasteiger partial charge in [-0.2, -0.15) is 0 Å². The third-order valence-corrected chi connectivity index (χ3v) is 8.63. The number of carboxylic acids is 1. The van der Waals surface area contributed by atoms with Crippen LogP contribution < -0.4 is 27.8 Å². The van der Waals surface area contributed by atoms with Crippen LogP contribution in [0, 0.1) is 18.7 Å². The van der Waals surface area contributed by atoms with E-state index in [1.165, 1.54) is 19.1 Å². The molecule has 4 rings (SSSR count). The predicted molar refractivity (Wildman–Crippen MR) is 194 cm³/mol. The molecule has 1 fully saturated rings. The van der Waals surface area contributed by atoms with Crippen molar-refractivity contribution in [2.75, 3.05) is 6.54 Å². The molecule has 14 nitrogen and oxygen atoms in total. The largest absolute Gasteiger partial charge is 0.481 e. The normalized spacial score (nSPS) is 16.9. The van der Waals surface area contributed by atoms with Crippen LogP contribution >= 0.6 is 0 Å². The SMILES string of the molecule is CC(=O)N[C@@H](Cc1ccc(F)cc1)c1ncc(C)o1.C[C@H](N)C(=O)N(C1CCC(C(=O)O)CC1)[C@@H](CCCN=C(N)N)C(=O)NCc1ccccc1. The number of aliphatic carboxylic acids is 1. The van der Waals surface area contributed by atoms with Gasteiger partial charge >= 0.3 is 5.97 Å². The Hall–Kier alpha value is -5.31. The average molecular weight is 723 g/mol. The highest BCUT2D eigenvalue weighted by Gasteiger charge is 2.38. The summed E-state index contributed by atoms with van der Waals surface area (Å²) in [5.74, 6) is -1.20. The molecule has 282 valence electrons. The van der Waals surface area contributed by atoms with E-state index >= 15 is 0 Å².